The van der Waals surface area contributed by atoms with Crippen LogP contribution in [0.2, 0.25) is 0 Å². The number of hydrogen-bond donors (Lipinski definition) is 1. The Morgan fingerprint density at radius 3 is 2.15 bits per heavy atom. The summed E-state index contributed by atoms with van der Waals surface area (Å²) in [6.45, 7) is 11.9. The molecule has 14 nitrogen and oxygen atoms in total. The zero-order chi connectivity index (χ0) is 37.8. The second-order valence-corrected chi connectivity index (χ2v) is 12.8. The van der Waals surface area contributed by atoms with Gasteiger partial charge in [-0.25, -0.2) is 0 Å². The summed E-state index contributed by atoms with van der Waals surface area (Å²) >= 11 is 0. The van der Waals surface area contributed by atoms with Crippen LogP contribution < -0.4 is 9.47 Å². The summed E-state index contributed by atoms with van der Waals surface area (Å²) in [5.41, 5.74) is 4.60. The normalized spacial score (nSPS) is 19.8. The molecule has 0 radical (unpaired) electrons. The van der Waals surface area contributed by atoms with E-state index >= 15 is 0 Å². The fourth-order valence-corrected chi connectivity index (χ4v) is 5.76. The average Bonchev–Trinajstić information content (AvgIpc) is 3.47. The van der Waals surface area contributed by atoms with Crippen LogP contribution in [0.4, 0.5) is 0 Å². The molecular weight excluding hydrogens is 676 g/mol. The van der Waals surface area contributed by atoms with Gasteiger partial charge in [-0.15, -0.1) is 5.10 Å². The maximum absolute atomic E-state index is 12.3. The van der Waals surface area contributed by atoms with Crippen molar-refractivity contribution in [2.24, 2.45) is 0 Å². The zero-order valence-corrected chi connectivity index (χ0v) is 30.7. The summed E-state index contributed by atoms with van der Waals surface area (Å²) < 4.78 is 46.0. The maximum Gasteiger partial charge on any atom is 0.303 e. The molecular formula is C38H48N2O12. The number of benzene rings is 2. The fraction of sp³-hybridized carbons (Fsp3) is 0.500. The second-order valence-electron chi connectivity index (χ2n) is 12.8. The maximum atomic E-state index is 12.3. The minimum absolute atomic E-state index is 0.0160. The van der Waals surface area contributed by atoms with Crippen LogP contribution >= 0.6 is 0 Å². The molecule has 0 spiro atoms. The molecule has 0 amide bonds. The Morgan fingerprint density at radius 2 is 1.52 bits per heavy atom. The number of nitrogens with one attached hydrogen (secondary N) is 1. The minimum Gasteiger partial charge on any atom is -0.493 e. The summed E-state index contributed by atoms with van der Waals surface area (Å²) in [6.07, 6.45) is -5.51. The van der Waals surface area contributed by atoms with Crippen LogP contribution in [0.15, 0.2) is 48.5 Å². The number of aryl methyl sites for hydroxylation is 1. The number of nitrogens with zero attached hydrogens (tertiary/aromatic N) is 1. The van der Waals surface area contributed by atoms with Gasteiger partial charge in [-0.1, -0.05) is 50.2 Å². The zero-order valence-electron chi connectivity index (χ0n) is 30.7. The number of aromatic nitrogens is 2. The van der Waals surface area contributed by atoms with E-state index in [1.165, 1.54) is 13.8 Å². The van der Waals surface area contributed by atoms with Crippen molar-refractivity contribution >= 4 is 23.9 Å². The first-order valence-electron chi connectivity index (χ1n) is 17.2. The lowest BCUT2D eigenvalue weighted by Crippen LogP contribution is -2.63. The molecule has 1 aromatic heterocycles. The van der Waals surface area contributed by atoms with Crippen molar-refractivity contribution in [2.75, 3.05) is 19.8 Å². The van der Waals surface area contributed by atoms with Gasteiger partial charge in [0.05, 0.1) is 19.8 Å². The predicted molar refractivity (Wildman–Crippen MR) is 185 cm³/mol. The number of carbonyl (C=O) groups is 4. The molecule has 52 heavy (non-hydrogen) atoms. The number of rotatable bonds is 17. The van der Waals surface area contributed by atoms with Crippen molar-refractivity contribution in [1.29, 1.82) is 0 Å². The topological polar surface area (TPSA) is 171 Å². The molecule has 1 fully saturated rings. The van der Waals surface area contributed by atoms with Gasteiger partial charge in [0.25, 0.3) is 0 Å². The lowest BCUT2D eigenvalue weighted by atomic mass is 9.96. The van der Waals surface area contributed by atoms with Gasteiger partial charge >= 0.3 is 23.9 Å². The largest absolute Gasteiger partial charge is 0.493 e. The molecule has 14 heteroatoms. The summed E-state index contributed by atoms with van der Waals surface area (Å²) in [6, 6.07) is 15.9. The van der Waals surface area contributed by atoms with Crippen LogP contribution in [0.25, 0.3) is 0 Å². The molecule has 2 heterocycles. The molecule has 0 saturated carbocycles. The van der Waals surface area contributed by atoms with Crippen LogP contribution in [0.5, 0.6) is 11.6 Å². The van der Waals surface area contributed by atoms with Gasteiger partial charge in [0.15, 0.2) is 12.2 Å². The minimum atomic E-state index is -1.42. The number of carbonyl (C=O) groups excluding carboxylic acids is 4. The van der Waals surface area contributed by atoms with Crippen molar-refractivity contribution in [1.82, 2.24) is 10.2 Å². The molecule has 1 N–H and O–H groups in total. The molecule has 1 aliphatic rings. The quantitative estimate of drug-likeness (QED) is 0.114. The van der Waals surface area contributed by atoms with E-state index < -0.39 is 54.6 Å². The molecule has 1 aliphatic heterocycles. The molecule has 0 unspecified atom stereocenters. The highest BCUT2D eigenvalue weighted by molar-refractivity contribution is 5.68. The first-order valence-corrected chi connectivity index (χ1v) is 17.2. The van der Waals surface area contributed by atoms with Gasteiger partial charge in [-0.2, -0.15) is 0 Å². The van der Waals surface area contributed by atoms with E-state index in [1.807, 2.05) is 69.3 Å². The summed E-state index contributed by atoms with van der Waals surface area (Å²) in [4.78, 5) is 48.4. The average molecular weight is 725 g/mol. The summed E-state index contributed by atoms with van der Waals surface area (Å²) in [7, 11) is 0. The molecule has 3 aromatic rings. The standard InChI is InChI=1S/C38H48N2O12/c1-22(2)33-31(19-29-14-15-30(18-23(29)3)46-17-11-16-45-20-28-12-9-8-10-13-28)37(40-39-33)52-38-36(50-27(7)44)35(49-26(6)43)34(48-25(5)42)32(51-38)21-47-24(4)41/h8-10,12-15,18,22,32,34-36,38H,11,16-17,19-21H2,1-7H3,(H,39,40)/t32-,34-,35+,36-,38+/m1/s1. The van der Waals surface area contributed by atoms with E-state index in [0.717, 1.165) is 54.0 Å². The Balaban J connectivity index is 1.53. The molecule has 1 saturated heterocycles. The molecule has 5 atom stereocenters. The number of aromatic amines is 1. The lowest BCUT2D eigenvalue weighted by molar-refractivity contribution is -0.289. The monoisotopic (exact) mass is 724 g/mol. The van der Waals surface area contributed by atoms with Crippen LogP contribution in [0.1, 0.15) is 81.8 Å². The Morgan fingerprint density at radius 1 is 0.846 bits per heavy atom. The number of H-pyrrole nitrogens is 1. The highest BCUT2D eigenvalue weighted by Gasteiger charge is 2.53. The Kier molecular flexibility index (Phi) is 14.6. The second kappa shape index (κ2) is 19.0. The van der Waals surface area contributed by atoms with Crippen molar-refractivity contribution in [3.05, 3.63) is 76.5 Å². The van der Waals surface area contributed by atoms with E-state index in [2.05, 4.69) is 10.2 Å². The van der Waals surface area contributed by atoms with Crippen molar-refractivity contribution in [3.63, 3.8) is 0 Å². The van der Waals surface area contributed by atoms with Crippen molar-refractivity contribution in [2.45, 2.75) is 105 Å². The lowest BCUT2D eigenvalue weighted by Gasteiger charge is -2.43. The first kappa shape index (κ1) is 39.8. The SMILES string of the molecule is CC(=O)OC[C@H]1O[C@@H](Oc2n[nH]c(C(C)C)c2Cc2ccc(OCCCOCc3ccccc3)cc2C)[C@H](OC(C)=O)[C@@H](OC(C)=O)[C@@H]1OC(C)=O. The predicted octanol–water partition coefficient (Wildman–Crippen LogP) is 4.88. The smallest absolute Gasteiger partial charge is 0.303 e. The molecule has 2 aromatic carbocycles. The highest BCUT2D eigenvalue weighted by Crippen LogP contribution is 2.34. The Hall–Kier alpha value is -4.95. The van der Waals surface area contributed by atoms with Crippen LogP contribution in [-0.4, -0.2) is 84.6 Å². The number of hydrogen-bond acceptors (Lipinski definition) is 13. The third kappa shape index (κ3) is 11.5. The van der Waals surface area contributed by atoms with E-state index in [1.54, 1.807) is 0 Å². The first-order chi connectivity index (χ1) is 24.8. The van der Waals surface area contributed by atoms with E-state index in [0.29, 0.717) is 26.2 Å². The molecule has 0 aliphatic carbocycles. The van der Waals surface area contributed by atoms with E-state index in [9.17, 15) is 19.2 Å². The molecule has 4 rings (SSSR count). The van der Waals surface area contributed by atoms with Gasteiger partial charge in [-0.3, -0.25) is 24.3 Å². The number of esters is 4. The number of ether oxygens (including phenoxy) is 8. The van der Waals surface area contributed by atoms with Crippen molar-refractivity contribution in [3.8, 4) is 11.6 Å². The van der Waals surface area contributed by atoms with Gasteiger partial charge in [-0.05, 0) is 41.7 Å². The van der Waals surface area contributed by atoms with E-state index in [-0.39, 0.29) is 18.4 Å². The highest BCUT2D eigenvalue weighted by atomic mass is 16.7. The van der Waals surface area contributed by atoms with Crippen LogP contribution in [-0.2, 0) is 60.6 Å². The Labute approximate surface area is 303 Å². The third-order valence-corrected chi connectivity index (χ3v) is 8.11. The van der Waals surface area contributed by atoms with Gasteiger partial charge in [0.1, 0.15) is 18.5 Å². The van der Waals surface area contributed by atoms with Gasteiger partial charge in [0.2, 0.25) is 18.3 Å². The molecule has 282 valence electrons. The van der Waals surface area contributed by atoms with Gasteiger partial charge < -0.3 is 37.9 Å². The summed E-state index contributed by atoms with van der Waals surface area (Å²) in [5, 5.41) is 7.50. The summed E-state index contributed by atoms with van der Waals surface area (Å²) in [5.74, 6) is -1.92. The fourth-order valence-electron chi connectivity index (χ4n) is 5.76. The van der Waals surface area contributed by atoms with Crippen molar-refractivity contribution < 1.29 is 57.1 Å². The third-order valence-electron chi connectivity index (χ3n) is 8.11. The molecule has 0 bridgehead atoms. The Bertz CT molecular complexity index is 1660. The van der Waals surface area contributed by atoms with Gasteiger partial charge in [0, 0.05) is 51.8 Å². The van der Waals surface area contributed by atoms with Crippen LogP contribution in [0, 0.1) is 6.92 Å². The van der Waals surface area contributed by atoms with E-state index in [4.69, 9.17) is 37.9 Å². The van der Waals surface area contributed by atoms with Crippen LogP contribution in [0.3, 0.4) is 0 Å².